The van der Waals surface area contributed by atoms with E-state index in [1.165, 1.54) is 12.3 Å². The van der Waals surface area contributed by atoms with Crippen LogP contribution in [0.3, 0.4) is 0 Å². The molecule has 0 saturated carbocycles. The standard InChI is InChI=1S/C20H23ClFN5O2/c1-11(2)27-12(3)25-18-15(22)4-13(5-16(18)27)17-14(21)6-23-19(26-17)24-7-20(8-28)9-29-10-20/h4-6,11,28H,7-10H2,1-3H3,(H,23,24,26). The Morgan fingerprint density at radius 3 is 2.72 bits per heavy atom. The van der Waals surface area contributed by atoms with Gasteiger partial charge in [-0.3, -0.25) is 0 Å². The van der Waals surface area contributed by atoms with E-state index in [4.69, 9.17) is 16.3 Å². The van der Waals surface area contributed by atoms with Crippen LogP contribution >= 0.6 is 11.6 Å². The normalized spacial score (nSPS) is 15.7. The van der Waals surface area contributed by atoms with Gasteiger partial charge < -0.3 is 19.7 Å². The third-order valence-electron chi connectivity index (χ3n) is 5.23. The number of hydrogen-bond acceptors (Lipinski definition) is 6. The zero-order valence-corrected chi connectivity index (χ0v) is 17.3. The molecule has 2 aromatic heterocycles. The Kier molecular flexibility index (Phi) is 5.18. The summed E-state index contributed by atoms with van der Waals surface area (Å²) < 4.78 is 22.0. The van der Waals surface area contributed by atoms with Crippen molar-refractivity contribution in [2.24, 2.45) is 5.41 Å². The number of rotatable bonds is 6. The SMILES string of the molecule is Cc1nc2c(F)cc(-c3nc(NCC4(CO)COC4)ncc3Cl)cc2n1C(C)C. The van der Waals surface area contributed by atoms with Crippen LogP contribution in [0.5, 0.6) is 0 Å². The van der Waals surface area contributed by atoms with Gasteiger partial charge in [-0.05, 0) is 32.9 Å². The summed E-state index contributed by atoms with van der Waals surface area (Å²) in [7, 11) is 0. The molecule has 29 heavy (non-hydrogen) atoms. The van der Waals surface area contributed by atoms with E-state index in [1.54, 1.807) is 0 Å². The summed E-state index contributed by atoms with van der Waals surface area (Å²) >= 11 is 6.34. The number of nitrogens with zero attached hydrogens (tertiary/aromatic N) is 4. The highest BCUT2D eigenvalue weighted by Crippen LogP contribution is 2.33. The average Bonchev–Trinajstić information content (AvgIpc) is 2.99. The second kappa shape index (κ2) is 7.51. The first kappa shape index (κ1) is 20.0. The van der Waals surface area contributed by atoms with Gasteiger partial charge in [-0.25, -0.2) is 19.3 Å². The molecule has 0 atom stereocenters. The number of benzene rings is 1. The van der Waals surface area contributed by atoms with Crippen LogP contribution in [0.25, 0.3) is 22.3 Å². The van der Waals surface area contributed by atoms with E-state index in [2.05, 4.69) is 20.3 Å². The molecule has 0 amide bonds. The van der Waals surface area contributed by atoms with Crippen LogP contribution in [0, 0.1) is 18.2 Å². The quantitative estimate of drug-likeness (QED) is 0.635. The van der Waals surface area contributed by atoms with Crippen LogP contribution in [-0.4, -0.2) is 51.0 Å². The van der Waals surface area contributed by atoms with Gasteiger partial charge >= 0.3 is 0 Å². The fourth-order valence-corrected chi connectivity index (χ4v) is 3.82. The maximum Gasteiger partial charge on any atom is 0.223 e. The van der Waals surface area contributed by atoms with Gasteiger partial charge in [0.15, 0.2) is 5.82 Å². The molecule has 1 aliphatic heterocycles. The second-order valence-corrected chi connectivity index (χ2v) is 8.25. The minimum Gasteiger partial charge on any atom is -0.396 e. The zero-order valence-electron chi connectivity index (χ0n) is 16.5. The monoisotopic (exact) mass is 419 g/mol. The Labute approximate surface area is 172 Å². The summed E-state index contributed by atoms with van der Waals surface area (Å²) in [6, 6.07) is 3.38. The number of aromatic nitrogens is 4. The van der Waals surface area contributed by atoms with Crippen LogP contribution < -0.4 is 5.32 Å². The van der Waals surface area contributed by atoms with Crippen molar-refractivity contribution < 1.29 is 14.2 Å². The van der Waals surface area contributed by atoms with E-state index >= 15 is 0 Å². The van der Waals surface area contributed by atoms with Crippen LogP contribution in [0.1, 0.15) is 25.7 Å². The molecule has 1 aromatic carbocycles. The summed E-state index contributed by atoms with van der Waals surface area (Å²) in [5, 5.41) is 13.0. The minimum atomic E-state index is -0.421. The molecule has 9 heteroatoms. The summed E-state index contributed by atoms with van der Waals surface area (Å²) in [6.07, 6.45) is 1.49. The topological polar surface area (TPSA) is 85.1 Å². The van der Waals surface area contributed by atoms with E-state index < -0.39 is 5.82 Å². The van der Waals surface area contributed by atoms with Crippen molar-refractivity contribution >= 4 is 28.6 Å². The van der Waals surface area contributed by atoms with Crippen molar-refractivity contribution in [2.75, 3.05) is 31.7 Å². The van der Waals surface area contributed by atoms with Gasteiger partial charge in [0.25, 0.3) is 0 Å². The number of ether oxygens (including phenoxy) is 1. The number of aryl methyl sites for hydroxylation is 1. The summed E-state index contributed by atoms with van der Waals surface area (Å²) in [5.74, 6) is 0.687. The molecule has 0 bridgehead atoms. The lowest BCUT2D eigenvalue weighted by Gasteiger charge is -2.39. The molecule has 4 rings (SSSR count). The predicted molar refractivity (Wildman–Crippen MR) is 110 cm³/mol. The number of nitrogens with one attached hydrogen (secondary N) is 1. The minimum absolute atomic E-state index is 0.0148. The maximum absolute atomic E-state index is 14.8. The molecule has 0 unspecified atom stereocenters. The largest absolute Gasteiger partial charge is 0.396 e. The Balaban J connectivity index is 1.72. The molecular weight excluding hydrogens is 397 g/mol. The second-order valence-electron chi connectivity index (χ2n) is 7.84. The molecule has 7 nitrogen and oxygen atoms in total. The lowest BCUT2D eigenvalue weighted by Crippen LogP contribution is -2.50. The Morgan fingerprint density at radius 1 is 1.34 bits per heavy atom. The molecule has 1 saturated heterocycles. The lowest BCUT2D eigenvalue weighted by atomic mass is 9.87. The van der Waals surface area contributed by atoms with Crippen LogP contribution in [0.15, 0.2) is 18.3 Å². The Morgan fingerprint density at radius 2 is 2.10 bits per heavy atom. The van der Waals surface area contributed by atoms with Gasteiger partial charge in [0.2, 0.25) is 5.95 Å². The predicted octanol–water partition coefficient (Wildman–Crippen LogP) is 3.60. The molecule has 3 aromatic rings. The van der Waals surface area contributed by atoms with E-state index in [9.17, 15) is 9.50 Å². The highest BCUT2D eigenvalue weighted by Gasteiger charge is 2.38. The third-order valence-corrected chi connectivity index (χ3v) is 5.51. The van der Waals surface area contributed by atoms with Crippen molar-refractivity contribution in [3.63, 3.8) is 0 Å². The van der Waals surface area contributed by atoms with E-state index in [-0.39, 0.29) is 18.1 Å². The maximum atomic E-state index is 14.8. The highest BCUT2D eigenvalue weighted by molar-refractivity contribution is 6.33. The number of anilines is 1. The van der Waals surface area contributed by atoms with Gasteiger partial charge in [0, 0.05) is 18.2 Å². The zero-order chi connectivity index (χ0) is 20.8. The van der Waals surface area contributed by atoms with Crippen molar-refractivity contribution in [3.05, 3.63) is 35.0 Å². The van der Waals surface area contributed by atoms with Gasteiger partial charge in [-0.15, -0.1) is 0 Å². The van der Waals surface area contributed by atoms with Crippen molar-refractivity contribution in [1.29, 1.82) is 0 Å². The summed E-state index contributed by atoms with van der Waals surface area (Å²) in [5.41, 5.74) is 1.69. The van der Waals surface area contributed by atoms with Gasteiger partial charge in [-0.2, -0.15) is 0 Å². The van der Waals surface area contributed by atoms with E-state index in [0.717, 1.165) is 5.82 Å². The van der Waals surface area contributed by atoms with Gasteiger partial charge in [0.1, 0.15) is 11.3 Å². The molecule has 0 radical (unpaired) electrons. The van der Waals surface area contributed by atoms with Crippen LogP contribution in [0.2, 0.25) is 5.02 Å². The average molecular weight is 420 g/mol. The first-order valence-corrected chi connectivity index (χ1v) is 9.85. The molecule has 1 fully saturated rings. The number of imidazole rings is 1. The molecule has 0 aliphatic carbocycles. The molecule has 154 valence electrons. The molecule has 3 heterocycles. The first-order chi connectivity index (χ1) is 13.8. The fraction of sp³-hybridized carbons (Fsp3) is 0.450. The smallest absolute Gasteiger partial charge is 0.223 e. The fourth-order valence-electron chi connectivity index (χ4n) is 3.62. The van der Waals surface area contributed by atoms with E-state index in [0.29, 0.717) is 53.0 Å². The van der Waals surface area contributed by atoms with Gasteiger partial charge in [-0.1, -0.05) is 11.6 Å². The van der Waals surface area contributed by atoms with Crippen LogP contribution in [-0.2, 0) is 4.74 Å². The third kappa shape index (κ3) is 3.56. The highest BCUT2D eigenvalue weighted by atomic mass is 35.5. The number of aliphatic hydroxyl groups excluding tert-OH is 1. The van der Waals surface area contributed by atoms with Crippen molar-refractivity contribution in [2.45, 2.75) is 26.8 Å². The number of aliphatic hydroxyl groups is 1. The molecule has 2 N–H and O–H groups in total. The summed E-state index contributed by atoms with van der Waals surface area (Å²) in [6.45, 7) is 7.37. The lowest BCUT2D eigenvalue weighted by molar-refractivity contribution is -0.128. The van der Waals surface area contributed by atoms with Crippen LogP contribution in [0.4, 0.5) is 10.3 Å². The van der Waals surface area contributed by atoms with Crippen molar-refractivity contribution in [1.82, 2.24) is 19.5 Å². The molecule has 0 spiro atoms. The summed E-state index contributed by atoms with van der Waals surface area (Å²) in [4.78, 5) is 13.1. The number of halogens is 2. The Hall–Kier alpha value is -2.29. The van der Waals surface area contributed by atoms with Crippen molar-refractivity contribution in [3.8, 4) is 11.3 Å². The number of fused-ring (bicyclic) bond motifs is 1. The van der Waals surface area contributed by atoms with Gasteiger partial charge in [0.05, 0.1) is 47.7 Å². The van der Waals surface area contributed by atoms with E-state index in [1.807, 2.05) is 31.4 Å². The molecule has 1 aliphatic rings. The first-order valence-electron chi connectivity index (χ1n) is 9.47. The molecular formula is C20H23ClFN5O2. The number of hydrogen-bond donors (Lipinski definition) is 2. The Bertz CT molecular complexity index is 1060.